The molecular formula is C12H16ClNO4S. The van der Waals surface area contributed by atoms with Crippen LogP contribution in [0.15, 0.2) is 29.2 Å². The van der Waals surface area contributed by atoms with Gasteiger partial charge in [-0.1, -0.05) is 24.9 Å². The first kappa shape index (κ1) is 15.9. The molecule has 1 N–H and O–H groups in total. The minimum Gasteiger partial charge on any atom is -0.468 e. The molecule has 1 atom stereocenters. The van der Waals surface area contributed by atoms with Crippen LogP contribution in [0.5, 0.6) is 0 Å². The Kier molecular flexibility index (Phi) is 5.78. The molecule has 0 heterocycles. The van der Waals surface area contributed by atoms with Crippen LogP contribution >= 0.6 is 11.6 Å². The lowest BCUT2D eigenvalue weighted by Crippen LogP contribution is -2.41. The number of rotatable bonds is 6. The Balaban J connectivity index is 2.93. The second kappa shape index (κ2) is 6.88. The van der Waals surface area contributed by atoms with Crippen molar-refractivity contribution in [3.05, 3.63) is 29.3 Å². The van der Waals surface area contributed by atoms with Crippen molar-refractivity contribution in [2.45, 2.75) is 30.7 Å². The number of halogens is 1. The summed E-state index contributed by atoms with van der Waals surface area (Å²) in [5.41, 5.74) is 0. The van der Waals surface area contributed by atoms with Gasteiger partial charge in [0.2, 0.25) is 10.0 Å². The molecule has 0 saturated carbocycles. The van der Waals surface area contributed by atoms with Gasteiger partial charge >= 0.3 is 5.97 Å². The topological polar surface area (TPSA) is 72.5 Å². The van der Waals surface area contributed by atoms with E-state index < -0.39 is 22.0 Å². The lowest BCUT2D eigenvalue weighted by atomic mass is 10.2. The second-order valence-corrected chi connectivity index (χ2v) is 6.09. The number of carbonyl (C=O) groups excluding carboxylic acids is 1. The Morgan fingerprint density at radius 1 is 1.37 bits per heavy atom. The van der Waals surface area contributed by atoms with Crippen molar-refractivity contribution in [1.82, 2.24) is 4.72 Å². The van der Waals surface area contributed by atoms with E-state index in [9.17, 15) is 13.2 Å². The SMILES string of the molecule is CCCC(NS(=O)(=O)c1ccc(Cl)cc1)C(=O)OC. The molecule has 1 aromatic rings. The fraction of sp³-hybridized carbons (Fsp3) is 0.417. The zero-order valence-corrected chi connectivity index (χ0v) is 12.3. The van der Waals surface area contributed by atoms with E-state index in [1.165, 1.54) is 31.4 Å². The third kappa shape index (κ3) is 4.49. The maximum absolute atomic E-state index is 12.1. The van der Waals surface area contributed by atoms with Gasteiger partial charge < -0.3 is 4.74 Å². The molecule has 0 saturated heterocycles. The Morgan fingerprint density at radius 3 is 2.42 bits per heavy atom. The maximum atomic E-state index is 12.1. The van der Waals surface area contributed by atoms with Gasteiger partial charge in [-0.2, -0.15) is 4.72 Å². The normalized spacial score (nSPS) is 13.0. The van der Waals surface area contributed by atoms with Gasteiger partial charge in [0.05, 0.1) is 12.0 Å². The van der Waals surface area contributed by atoms with Gasteiger partial charge in [-0.05, 0) is 30.7 Å². The largest absolute Gasteiger partial charge is 0.468 e. The summed E-state index contributed by atoms with van der Waals surface area (Å²) in [4.78, 5) is 11.6. The Labute approximate surface area is 118 Å². The minimum atomic E-state index is -3.76. The monoisotopic (exact) mass is 305 g/mol. The summed E-state index contributed by atoms with van der Waals surface area (Å²) in [6, 6.07) is 4.83. The summed E-state index contributed by atoms with van der Waals surface area (Å²) < 4.78 is 31.1. The zero-order valence-electron chi connectivity index (χ0n) is 10.7. The van der Waals surface area contributed by atoms with Crippen LogP contribution in [0.2, 0.25) is 5.02 Å². The third-order valence-corrected chi connectivity index (χ3v) is 4.22. The lowest BCUT2D eigenvalue weighted by molar-refractivity contribution is -0.142. The molecule has 1 unspecified atom stereocenters. The van der Waals surface area contributed by atoms with Gasteiger partial charge in [-0.15, -0.1) is 0 Å². The lowest BCUT2D eigenvalue weighted by Gasteiger charge is -2.15. The number of nitrogens with one attached hydrogen (secondary N) is 1. The van der Waals surface area contributed by atoms with Crippen LogP contribution in [0.1, 0.15) is 19.8 Å². The van der Waals surface area contributed by atoms with Gasteiger partial charge in [0.1, 0.15) is 6.04 Å². The number of hydrogen-bond acceptors (Lipinski definition) is 4. The molecule has 5 nitrogen and oxygen atoms in total. The van der Waals surface area contributed by atoms with Gasteiger partial charge in [-0.25, -0.2) is 8.42 Å². The van der Waals surface area contributed by atoms with E-state index in [2.05, 4.69) is 9.46 Å². The van der Waals surface area contributed by atoms with Crippen LogP contribution in [0, 0.1) is 0 Å². The van der Waals surface area contributed by atoms with Crippen LogP contribution in [0.25, 0.3) is 0 Å². The molecule has 0 spiro atoms. The summed E-state index contributed by atoms with van der Waals surface area (Å²) in [6.07, 6.45) is 1.03. The van der Waals surface area contributed by atoms with E-state index in [0.29, 0.717) is 17.9 Å². The molecule has 0 aromatic heterocycles. The second-order valence-electron chi connectivity index (χ2n) is 3.94. The number of carbonyl (C=O) groups is 1. The molecule has 1 aromatic carbocycles. The molecule has 0 radical (unpaired) electrons. The van der Waals surface area contributed by atoms with Crippen molar-refractivity contribution in [3.63, 3.8) is 0 Å². The van der Waals surface area contributed by atoms with Crippen molar-refractivity contribution in [2.24, 2.45) is 0 Å². The summed E-state index contributed by atoms with van der Waals surface area (Å²) in [5.74, 6) is -0.598. The van der Waals surface area contributed by atoms with Crippen molar-refractivity contribution < 1.29 is 17.9 Å². The first-order valence-electron chi connectivity index (χ1n) is 5.76. The van der Waals surface area contributed by atoms with Crippen molar-refractivity contribution >= 4 is 27.6 Å². The fourth-order valence-corrected chi connectivity index (χ4v) is 2.87. The molecule has 7 heteroatoms. The van der Waals surface area contributed by atoms with Crippen LogP contribution in [-0.4, -0.2) is 27.5 Å². The average molecular weight is 306 g/mol. The molecule has 0 bridgehead atoms. The van der Waals surface area contributed by atoms with E-state index in [0.717, 1.165) is 0 Å². The number of hydrogen-bond donors (Lipinski definition) is 1. The Morgan fingerprint density at radius 2 is 1.95 bits per heavy atom. The first-order valence-corrected chi connectivity index (χ1v) is 7.62. The summed E-state index contributed by atoms with van der Waals surface area (Å²) >= 11 is 5.70. The molecule has 0 aliphatic heterocycles. The van der Waals surface area contributed by atoms with Gasteiger partial charge in [0.25, 0.3) is 0 Å². The number of ether oxygens (including phenoxy) is 1. The summed E-state index contributed by atoms with van der Waals surface area (Å²) in [6.45, 7) is 1.85. The molecule has 0 amide bonds. The molecule has 0 fully saturated rings. The van der Waals surface area contributed by atoms with Crippen LogP contribution in [0.3, 0.4) is 0 Å². The highest BCUT2D eigenvalue weighted by Crippen LogP contribution is 2.15. The fourth-order valence-electron chi connectivity index (χ4n) is 1.52. The van der Waals surface area contributed by atoms with Crippen LogP contribution in [0.4, 0.5) is 0 Å². The Hall–Kier alpha value is -1.11. The predicted octanol–water partition coefficient (Wildman–Crippen LogP) is 1.96. The van der Waals surface area contributed by atoms with Crippen LogP contribution in [-0.2, 0) is 19.6 Å². The third-order valence-electron chi connectivity index (χ3n) is 2.48. The predicted molar refractivity (Wildman–Crippen MR) is 72.5 cm³/mol. The highest BCUT2D eigenvalue weighted by atomic mass is 35.5. The number of methoxy groups -OCH3 is 1. The number of sulfonamides is 1. The van der Waals surface area contributed by atoms with E-state index in [4.69, 9.17) is 11.6 Å². The molecule has 1 rings (SSSR count). The van der Waals surface area contributed by atoms with Gasteiger partial charge in [0.15, 0.2) is 0 Å². The van der Waals surface area contributed by atoms with E-state index in [-0.39, 0.29) is 4.90 Å². The zero-order chi connectivity index (χ0) is 14.5. The molecule has 0 aliphatic carbocycles. The van der Waals surface area contributed by atoms with Gasteiger partial charge in [0, 0.05) is 5.02 Å². The number of esters is 1. The molecule has 19 heavy (non-hydrogen) atoms. The summed E-state index contributed by atoms with van der Waals surface area (Å²) in [7, 11) is -2.54. The highest BCUT2D eigenvalue weighted by Gasteiger charge is 2.25. The molecular weight excluding hydrogens is 290 g/mol. The van der Waals surface area contributed by atoms with E-state index in [1.807, 2.05) is 6.92 Å². The van der Waals surface area contributed by atoms with E-state index >= 15 is 0 Å². The van der Waals surface area contributed by atoms with E-state index in [1.54, 1.807) is 0 Å². The smallest absolute Gasteiger partial charge is 0.323 e. The average Bonchev–Trinajstić information content (AvgIpc) is 2.37. The quantitative estimate of drug-likeness (QED) is 0.815. The van der Waals surface area contributed by atoms with Crippen molar-refractivity contribution in [3.8, 4) is 0 Å². The highest BCUT2D eigenvalue weighted by molar-refractivity contribution is 7.89. The molecule has 0 aliphatic rings. The summed E-state index contributed by atoms with van der Waals surface area (Å²) in [5, 5.41) is 0.442. The van der Waals surface area contributed by atoms with Crippen molar-refractivity contribution in [1.29, 1.82) is 0 Å². The standard InChI is InChI=1S/C12H16ClNO4S/c1-3-4-11(12(15)18-2)14-19(16,17)10-7-5-9(13)6-8-10/h5-8,11,14H,3-4H2,1-2H3. The van der Waals surface area contributed by atoms with Crippen LogP contribution < -0.4 is 4.72 Å². The maximum Gasteiger partial charge on any atom is 0.323 e. The number of benzene rings is 1. The Bertz CT molecular complexity index is 527. The van der Waals surface area contributed by atoms with Crippen molar-refractivity contribution in [2.75, 3.05) is 7.11 Å². The van der Waals surface area contributed by atoms with Gasteiger partial charge in [-0.3, -0.25) is 4.79 Å². The first-order chi connectivity index (χ1) is 8.90. The minimum absolute atomic E-state index is 0.0573. The molecule has 106 valence electrons.